The standard InChI is InChI=1S/C6H10O4/c7-2-3-4(8)1-5(9)6(3)10/h3,5-7,9-10H,1-2H2. The van der Waals surface area contributed by atoms with Crippen LogP contribution in [0.2, 0.25) is 0 Å². The molecule has 3 unspecified atom stereocenters. The summed E-state index contributed by atoms with van der Waals surface area (Å²) in [6, 6.07) is 0. The predicted octanol–water partition coefficient (Wildman–Crippen LogP) is -1.71. The molecular weight excluding hydrogens is 136 g/mol. The van der Waals surface area contributed by atoms with Gasteiger partial charge in [0.1, 0.15) is 5.78 Å². The van der Waals surface area contributed by atoms with Gasteiger partial charge in [-0.05, 0) is 0 Å². The van der Waals surface area contributed by atoms with Gasteiger partial charge in [0.2, 0.25) is 0 Å². The second-order valence-electron chi connectivity index (χ2n) is 2.52. The lowest BCUT2D eigenvalue weighted by molar-refractivity contribution is -0.123. The summed E-state index contributed by atoms with van der Waals surface area (Å²) in [6.07, 6.45) is -2.09. The normalized spacial score (nSPS) is 40.7. The number of aliphatic hydroxyl groups is 3. The van der Waals surface area contributed by atoms with Crippen LogP contribution in [0.1, 0.15) is 6.42 Å². The first-order valence-electron chi connectivity index (χ1n) is 3.16. The van der Waals surface area contributed by atoms with Gasteiger partial charge < -0.3 is 15.3 Å². The lowest BCUT2D eigenvalue weighted by atomic mass is 10.1. The van der Waals surface area contributed by atoms with Crippen molar-refractivity contribution in [2.24, 2.45) is 5.92 Å². The summed E-state index contributed by atoms with van der Waals surface area (Å²) in [5, 5.41) is 26.4. The lowest BCUT2D eigenvalue weighted by Crippen LogP contribution is -2.28. The average Bonchev–Trinajstić information content (AvgIpc) is 2.09. The van der Waals surface area contributed by atoms with Crippen LogP contribution in [0, 0.1) is 5.92 Å². The van der Waals surface area contributed by atoms with E-state index in [1.54, 1.807) is 0 Å². The van der Waals surface area contributed by atoms with Crippen LogP contribution in [0.5, 0.6) is 0 Å². The highest BCUT2D eigenvalue weighted by Crippen LogP contribution is 2.21. The molecule has 0 aliphatic heterocycles. The van der Waals surface area contributed by atoms with Gasteiger partial charge in [-0.15, -0.1) is 0 Å². The van der Waals surface area contributed by atoms with Gasteiger partial charge in [0.25, 0.3) is 0 Å². The Kier molecular flexibility index (Phi) is 2.03. The molecule has 0 bridgehead atoms. The van der Waals surface area contributed by atoms with Gasteiger partial charge in [0.05, 0.1) is 24.7 Å². The van der Waals surface area contributed by atoms with Crippen LogP contribution < -0.4 is 0 Å². The summed E-state index contributed by atoms with van der Waals surface area (Å²) < 4.78 is 0. The Morgan fingerprint density at radius 3 is 2.30 bits per heavy atom. The molecule has 1 fully saturated rings. The second-order valence-corrected chi connectivity index (χ2v) is 2.52. The Hall–Kier alpha value is -0.450. The van der Waals surface area contributed by atoms with Crippen molar-refractivity contribution in [3.05, 3.63) is 0 Å². The third-order valence-electron chi connectivity index (χ3n) is 1.83. The molecule has 1 rings (SSSR count). The second kappa shape index (κ2) is 2.65. The molecule has 0 radical (unpaired) electrons. The van der Waals surface area contributed by atoms with Gasteiger partial charge in [0, 0.05) is 6.42 Å². The molecular formula is C6H10O4. The highest BCUT2D eigenvalue weighted by Gasteiger charge is 2.39. The first-order chi connectivity index (χ1) is 4.66. The van der Waals surface area contributed by atoms with Crippen LogP contribution >= 0.6 is 0 Å². The molecule has 0 aromatic heterocycles. The van der Waals surface area contributed by atoms with Gasteiger partial charge in [-0.1, -0.05) is 0 Å². The van der Waals surface area contributed by atoms with Crippen LogP contribution in [-0.4, -0.2) is 39.9 Å². The smallest absolute Gasteiger partial charge is 0.143 e. The molecule has 0 spiro atoms. The first kappa shape index (κ1) is 7.65. The van der Waals surface area contributed by atoms with Gasteiger partial charge in [-0.2, -0.15) is 0 Å². The van der Waals surface area contributed by atoms with E-state index < -0.39 is 18.1 Å². The number of hydrogen-bond donors (Lipinski definition) is 3. The Balaban J connectivity index is 2.64. The number of rotatable bonds is 1. The number of hydrogen-bond acceptors (Lipinski definition) is 4. The van der Waals surface area contributed by atoms with E-state index in [4.69, 9.17) is 15.3 Å². The van der Waals surface area contributed by atoms with Gasteiger partial charge in [0.15, 0.2) is 0 Å². The fourth-order valence-corrected chi connectivity index (χ4v) is 1.15. The van der Waals surface area contributed by atoms with E-state index in [1.165, 1.54) is 0 Å². The van der Waals surface area contributed by atoms with Crippen LogP contribution in [-0.2, 0) is 4.79 Å². The summed E-state index contributed by atoms with van der Waals surface area (Å²) in [5.74, 6) is -1.03. The monoisotopic (exact) mass is 146 g/mol. The third kappa shape index (κ3) is 1.05. The van der Waals surface area contributed by atoms with Crippen molar-refractivity contribution in [2.45, 2.75) is 18.6 Å². The molecule has 58 valence electrons. The van der Waals surface area contributed by atoms with Crippen LogP contribution in [0.3, 0.4) is 0 Å². The molecule has 10 heavy (non-hydrogen) atoms. The fourth-order valence-electron chi connectivity index (χ4n) is 1.15. The molecule has 3 atom stereocenters. The Labute approximate surface area is 58.1 Å². The minimum atomic E-state index is -1.07. The zero-order valence-corrected chi connectivity index (χ0v) is 5.40. The minimum absolute atomic E-state index is 0.0353. The first-order valence-corrected chi connectivity index (χ1v) is 3.16. The Morgan fingerprint density at radius 2 is 2.10 bits per heavy atom. The SMILES string of the molecule is O=C1CC(O)C(O)C1CO. The molecule has 4 nitrogen and oxygen atoms in total. The molecule has 1 saturated carbocycles. The zero-order valence-electron chi connectivity index (χ0n) is 5.40. The van der Waals surface area contributed by atoms with E-state index in [0.717, 1.165) is 0 Å². The molecule has 3 N–H and O–H groups in total. The number of Topliss-reactive ketones (excluding diaryl/α,β-unsaturated/α-hetero) is 1. The van der Waals surface area contributed by atoms with E-state index in [9.17, 15) is 4.79 Å². The van der Waals surface area contributed by atoms with Gasteiger partial charge in [-0.3, -0.25) is 4.79 Å². The minimum Gasteiger partial charge on any atom is -0.396 e. The van der Waals surface area contributed by atoms with Crippen molar-refractivity contribution in [3.63, 3.8) is 0 Å². The van der Waals surface area contributed by atoms with Crippen LogP contribution in [0.25, 0.3) is 0 Å². The Morgan fingerprint density at radius 1 is 1.50 bits per heavy atom. The van der Waals surface area contributed by atoms with Crippen molar-refractivity contribution in [1.29, 1.82) is 0 Å². The maximum absolute atomic E-state index is 10.7. The highest BCUT2D eigenvalue weighted by atomic mass is 16.3. The number of ketones is 1. The van der Waals surface area contributed by atoms with Crippen LogP contribution in [0.15, 0.2) is 0 Å². The third-order valence-corrected chi connectivity index (χ3v) is 1.83. The summed E-state index contributed by atoms with van der Waals surface area (Å²) in [6.45, 7) is -0.378. The predicted molar refractivity (Wildman–Crippen MR) is 32.2 cm³/mol. The molecule has 0 aromatic rings. The largest absolute Gasteiger partial charge is 0.396 e. The molecule has 0 aromatic carbocycles. The molecule has 4 heteroatoms. The Bertz CT molecular complexity index is 145. The van der Waals surface area contributed by atoms with Gasteiger partial charge >= 0.3 is 0 Å². The highest BCUT2D eigenvalue weighted by molar-refractivity contribution is 5.84. The van der Waals surface area contributed by atoms with Crippen LogP contribution in [0.4, 0.5) is 0 Å². The number of carbonyl (C=O) groups is 1. The molecule has 1 aliphatic rings. The lowest BCUT2D eigenvalue weighted by Gasteiger charge is -2.10. The van der Waals surface area contributed by atoms with E-state index in [1.807, 2.05) is 0 Å². The maximum atomic E-state index is 10.7. The average molecular weight is 146 g/mol. The number of aliphatic hydroxyl groups excluding tert-OH is 3. The topological polar surface area (TPSA) is 77.8 Å². The summed E-state index contributed by atoms with van der Waals surface area (Å²) in [7, 11) is 0. The molecule has 0 saturated heterocycles. The summed E-state index contributed by atoms with van der Waals surface area (Å²) in [5.41, 5.74) is 0. The number of carbonyl (C=O) groups excluding carboxylic acids is 1. The van der Waals surface area contributed by atoms with Crippen molar-refractivity contribution in [2.75, 3.05) is 6.61 Å². The van der Waals surface area contributed by atoms with Crippen molar-refractivity contribution in [3.8, 4) is 0 Å². The van der Waals surface area contributed by atoms with E-state index in [2.05, 4.69) is 0 Å². The molecule has 1 aliphatic carbocycles. The van der Waals surface area contributed by atoms with Crippen molar-refractivity contribution < 1.29 is 20.1 Å². The maximum Gasteiger partial charge on any atom is 0.143 e. The van der Waals surface area contributed by atoms with E-state index >= 15 is 0 Å². The fraction of sp³-hybridized carbons (Fsp3) is 0.833. The van der Waals surface area contributed by atoms with Gasteiger partial charge in [-0.25, -0.2) is 0 Å². The van der Waals surface area contributed by atoms with Crippen molar-refractivity contribution >= 4 is 5.78 Å². The van der Waals surface area contributed by atoms with Crippen molar-refractivity contribution in [1.82, 2.24) is 0 Å². The quantitative estimate of drug-likeness (QED) is 0.411. The van der Waals surface area contributed by atoms with E-state index in [0.29, 0.717) is 0 Å². The molecule has 0 heterocycles. The summed E-state index contributed by atoms with van der Waals surface area (Å²) >= 11 is 0. The zero-order chi connectivity index (χ0) is 7.72. The summed E-state index contributed by atoms with van der Waals surface area (Å²) in [4.78, 5) is 10.7. The van der Waals surface area contributed by atoms with E-state index in [-0.39, 0.29) is 18.8 Å². The molecule has 0 amide bonds.